The summed E-state index contributed by atoms with van der Waals surface area (Å²) in [4.78, 5) is 2.13. The van der Waals surface area contributed by atoms with Gasteiger partial charge in [0.2, 0.25) is 0 Å². The van der Waals surface area contributed by atoms with Crippen molar-refractivity contribution in [2.75, 3.05) is 25.0 Å². The quantitative estimate of drug-likeness (QED) is 0.864. The summed E-state index contributed by atoms with van der Waals surface area (Å²) in [5.41, 5.74) is 1.92. The van der Waals surface area contributed by atoms with Crippen LogP contribution in [0.25, 0.3) is 0 Å². The second-order valence-corrected chi connectivity index (χ2v) is 5.93. The van der Waals surface area contributed by atoms with Gasteiger partial charge in [-0.15, -0.1) is 0 Å². The molecule has 1 rings (SSSR count). The average Bonchev–Trinajstić information content (AvgIpc) is 2.24. The van der Waals surface area contributed by atoms with Crippen molar-refractivity contribution in [3.8, 4) is 0 Å². The van der Waals surface area contributed by atoms with Crippen LogP contribution in [0.15, 0.2) is 18.2 Å². The SMILES string of the molecule is CCNCc1c(F)cccc1N(C)CC(C)(C)C. The Morgan fingerprint density at radius 1 is 1.28 bits per heavy atom. The summed E-state index contributed by atoms with van der Waals surface area (Å²) in [6, 6.07) is 5.29. The Labute approximate surface area is 110 Å². The predicted molar refractivity (Wildman–Crippen MR) is 76.5 cm³/mol. The van der Waals surface area contributed by atoms with Gasteiger partial charge in [-0.3, -0.25) is 0 Å². The molecule has 0 unspecified atom stereocenters. The molecule has 0 bridgehead atoms. The Hall–Kier alpha value is -1.09. The van der Waals surface area contributed by atoms with E-state index < -0.39 is 0 Å². The fraction of sp³-hybridized carbons (Fsp3) is 0.600. The van der Waals surface area contributed by atoms with E-state index in [-0.39, 0.29) is 11.2 Å². The lowest BCUT2D eigenvalue weighted by molar-refractivity contribution is 0.418. The third-order valence-corrected chi connectivity index (χ3v) is 2.77. The van der Waals surface area contributed by atoms with Crippen LogP contribution in [0.1, 0.15) is 33.3 Å². The van der Waals surface area contributed by atoms with Crippen LogP contribution >= 0.6 is 0 Å². The van der Waals surface area contributed by atoms with Crippen LogP contribution in [0, 0.1) is 11.2 Å². The predicted octanol–water partition coefficient (Wildman–Crippen LogP) is 3.42. The zero-order valence-electron chi connectivity index (χ0n) is 12.2. The van der Waals surface area contributed by atoms with E-state index >= 15 is 0 Å². The van der Waals surface area contributed by atoms with Crippen molar-refractivity contribution in [1.82, 2.24) is 5.32 Å². The lowest BCUT2D eigenvalue weighted by Gasteiger charge is -2.30. The van der Waals surface area contributed by atoms with Crippen LogP contribution < -0.4 is 10.2 Å². The number of halogens is 1. The molecular weight excluding hydrogens is 227 g/mol. The summed E-state index contributed by atoms with van der Waals surface area (Å²) in [7, 11) is 2.02. The van der Waals surface area contributed by atoms with Crippen molar-refractivity contribution in [3.63, 3.8) is 0 Å². The van der Waals surface area contributed by atoms with E-state index in [0.29, 0.717) is 6.54 Å². The molecule has 102 valence electrons. The van der Waals surface area contributed by atoms with Crippen molar-refractivity contribution in [3.05, 3.63) is 29.6 Å². The highest BCUT2D eigenvalue weighted by molar-refractivity contribution is 5.53. The number of rotatable bonds is 5. The van der Waals surface area contributed by atoms with Crippen molar-refractivity contribution >= 4 is 5.69 Å². The second kappa shape index (κ2) is 6.19. The molecule has 0 saturated carbocycles. The molecule has 0 amide bonds. The Morgan fingerprint density at radius 2 is 1.94 bits per heavy atom. The smallest absolute Gasteiger partial charge is 0.129 e. The summed E-state index contributed by atoms with van der Waals surface area (Å²) < 4.78 is 13.9. The monoisotopic (exact) mass is 252 g/mol. The van der Waals surface area contributed by atoms with Gasteiger partial charge in [0, 0.05) is 31.4 Å². The first-order valence-electron chi connectivity index (χ1n) is 6.54. The Morgan fingerprint density at radius 3 is 2.50 bits per heavy atom. The largest absolute Gasteiger partial charge is 0.374 e. The lowest BCUT2D eigenvalue weighted by atomic mass is 9.95. The molecule has 0 atom stereocenters. The van der Waals surface area contributed by atoms with Gasteiger partial charge in [0.15, 0.2) is 0 Å². The minimum atomic E-state index is -0.130. The highest BCUT2D eigenvalue weighted by atomic mass is 19.1. The Kier molecular flexibility index (Phi) is 5.15. The second-order valence-electron chi connectivity index (χ2n) is 5.93. The van der Waals surface area contributed by atoms with Crippen molar-refractivity contribution in [2.45, 2.75) is 34.2 Å². The molecule has 18 heavy (non-hydrogen) atoms. The highest BCUT2D eigenvalue weighted by Crippen LogP contribution is 2.25. The number of anilines is 1. The maximum absolute atomic E-state index is 13.9. The summed E-state index contributed by atoms with van der Waals surface area (Å²) in [5, 5.41) is 3.20. The van der Waals surface area contributed by atoms with Gasteiger partial charge in [0.05, 0.1) is 0 Å². The molecule has 0 aliphatic rings. The van der Waals surface area contributed by atoms with Crippen LogP contribution in [-0.4, -0.2) is 20.1 Å². The highest BCUT2D eigenvalue weighted by Gasteiger charge is 2.17. The fourth-order valence-corrected chi connectivity index (χ4v) is 2.13. The van der Waals surface area contributed by atoms with Crippen molar-refractivity contribution in [2.24, 2.45) is 5.41 Å². The minimum absolute atomic E-state index is 0.130. The molecule has 0 fully saturated rings. The molecule has 0 radical (unpaired) electrons. The van der Waals surface area contributed by atoms with E-state index in [1.54, 1.807) is 6.07 Å². The van der Waals surface area contributed by atoms with E-state index in [9.17, 15) is 4.39 Å². The molecule has 0 aliphatic carbocycles. The third kappa shape index (κ3) is 4.30. The number of nitrogens with one attached hydrogen (secondary N) is 1. The van der Waals surface area contributed by atoms with E-state index in [0.717, 1.165) is 24.3 Å². The number of hydrogen-bond donors (Lipinski definition) is 1. The van der Waals surface area contributed by atoms with Crippen LogP contribution in [0.5, 0.6) is 0 Å². The van der Waals surface area contributed by atoms with Gasteiger partial charge in [0.1, 0.15) is 5.82 Å². The normalized spacial score (nSPS) is 11.7. The first-order valence-corrected chi connectivity index (χ1v) is 6.54. The topological polar surface area (TPSA) is 15.3 Å². The van der Waals surface area contributed by atoms with Crippen LogP contribution in [0.3, 0.4) is 0 Å². The summed E-state index contributed by atoms with van der Waals surface area (Å²) in [6.07, 6.45) is 0. The summed E-state index contributed by atoms with van der Waals surface area (Å²) >= 11 is 0. The zero-order chi connectivity index (χ0) is 13.8. The fourth-order valence-electron chi connectivity index (χ4n) is 2.13. The van der Waals surface area contributed by atoms with Gasteiger partial charge < -0.3 is 10.2 Å². The van der Waals surface area contributed by atoms with Gasteiger partial charge in [-0.05, 0) is 24.1 Å². The van der Waals surface area contributed by atoms with Gasteiger partial charge >= 0.3 is 0 Å². The van der Waals surface area contributed by atoms with E-state index in [4.69, 9.17) is 0 Å². The molecule has 2 nitrogen and oxygen atoms in total. The summed E-state index contributed by atoms with van der Waals surface area (Å²) in [6.45, 7) is 10.9. The van der Waals surface area contributed by atoms with E-state index in [2.05, 4.69) is 31.0 Å². The van der Waals surface area contributed by atoms with Gasteiger partial charge in [-0.2, -0.15) is 0 Å². The van der Waals surface area contributed by atoms with Crippen LogP contribution in [0.2, 0.25) is 0 Å². The first kappa shape index (κ1) is 15.0. The Balaban J connectivity index is 2.96. The average molecular weight is 252 g/mol. The Bertz CT molecular complexity index is 383. The molecule has 0 heterocycles. The standard InChI is InChI=1S/C15H25FN2/c1-6-17-10-12-13(16)8-7-9-14(12)18(5)11-15(2,3)4/h7-9,17H,6,10-11H2,1-5H3. The van der Waals surface area contributed by atoms with Crippen molar-refractivity contribution < 1.29 is 4.39 Å². The zero-order valence-corrected chi connectivity index (χ0v) is 12.2. The molecule has 1 N–H and O–H groups in total. The maximum atomic E-state index is 13.9. The molecule has 0 saturated heterocycles. The molecule has 3 heteroatoms. The van der Waals surface area contributed by atoms with Gasteiger partial charge in [-0.1, -0.05) is 33.8 Å². The molecule has 0 aromatic heterocycles. The molecule has 0 spiro atoms. The summed E-state index contributed by atoms with van der Waals surface area (Å²) in [5.74, 6) is -0.130. The number of benzene rings is 1. The minimum Gasteiger partial charge on any atom is -0.374 e. The maximum Gasteiger partial charge on any atom is 0.129 e. The number of hydrogen-bond acceptors (Lipinski definition) is 2. The molecule has 1 aromatic carbocycles. The first-order chi connectivity index (χ1) is 8.35. The van der Waals surface area contributed by atoms with E-state index in [1.165, 1.54) is 6.07 Å². The lowest BCUT2D eigenvalue weighted by Crippen LogP contribution is -2.30. The number of nitrogens with zero attached hydrogens (tertiary/aromatic N) is 1. The molecular formula is C15H25FN2. The third-order valence-electron chi connectivity index (χ3n) is 2.77. The molecule has 0 aliphatic heterocycles. The van der Waals surface area contributed by atoms with Gasteiger partial charge in [-0.25, -0.2) is 4.39 Å². The van der Waals surface area contributed by atoms with Crippen molar-refractivity contribution in [1.29, 1.82) is 0 Å². The molecule has 1 aromatic rings. The van der Waals surface area contributed by atoms with Gasteiger partial charge in [0.25, 0.3) is 0 Å². The van der Waals surface area contributed by atoms with Crippen LogP contribution in [0.4, 0.5) is 10.1 Å². The van der Waals surface area contributed by atoms with E-state index in [1.807, 2.05) is 20.0 Å². The van der Waals surface area contributed by atoms with Crippen LogP contribution in [-0.2, 0) is 6.54 Å².